The minimum atomic E-state index is -3.43. The van der Waals surface area contributed by atoms with Gasteiger partial charge in [-0.2, -0.15) is 0 Å². The van der Waals surface area contributed by atoms with Gasteiger partial charge >= 0.3 is 0 Å². The van der Waals surface area contributed by atoms with Crippen LogP contribution in [0.1, 0.15) is 24.6 Å². The fraction of sp³-hybridized carbons (Fsp3) is 0.526. The first-order valence-corrected chi connectivity index (χ1v) is 10.9. The SMILES string of the molecule is CCS(=O)(=O)c1ncc(CN(CCO)CCO)n1CCCc1ccccc1. The van der Waals surface area contributed by atoms with Crippen LogP contribution in [0.2, 0.25) is 0 Å². The number of rotatable bonds is 12. The summed E-state index contributed by atoms with van der Waals surface area (Å²) in [4.78, 5) is 6.06. The minimum Gasteiger partial charge on any atom is -0.395 e. The largest absolute Gasteiger partial charge is 0.395 e. The zero-order chi connectivity index (χ0) is 19.7. The van der Waals surface area contributed by atoms with Gasteiger partial charge in [0.1, 0.15) is 0 Å². The van der Waals surface area contributed by atoms with Gasteiger partial charge in [-0.3, -0.25) is 4.90 Å². The number of aliphatic hydroxyl groups excluding tert-OH is 2. The quantitative estimate of drug-likeness (QED) is 0.559. The standard InChI is InChI=1S/C19H29N3O4S/c1-2-27(25,26)19-20-15-18(16-21(11-13-23)12-14-24)22(19)10-6-9-17-7-4-3-5-8-17/h3-5,7-8,15,23-24H,2,6,9-14,16H2,1H3. The van der Waals surface area contributed by atoms with E-state index >= 15 is 0 Å². The molecule has 0 fully saturated rings. The molecule has 7 nitrogen and oxygen atoms in total. The first-order chi connectivity index (χ1) is 13.0. The third kappa shape index (κ3) is 6.14. The van der Waals surface area contributed by atoms with Crippen molar-refractivity contribution >= 4 is 9.84 Å². The van der Waals surface area contributed by atoms with E-state index in [-0.39, 0.29) is 24.1 Å². The maximum atomic E-state index is 12.4. The molecule has 2 N–H and O–H groups in total. The molecule has 150 valence electrons. The van der Waals surface area contributed by atoms with Crippen LogP contribution in [0.15, 0.2) is 41.7 Å². The molecule has 0 saturated carbocycles. The molecule has 0 aliphatic carbocycles. The molecule has 0 spiro atoms. The first kappa shape index (κ1) is 21.6. The van der Waals surface area contributed by atoms with Crippen molar-refractivity contribution in [1.29, 1.82) is 0 Å². The summed E-state index contributed by atoms with van der Waals surface area (Å²) in [6.07, 6.45) is 3.23. The Morgan fingerprint density at radius 1 is 1.11 bits per heavy atom. The molecule has 27 heavy (non-hydrogen) atoms. The molecule has 2 rings (SSSR count). The van der Waals surface area contributed by atoms with Crippen LogP contribution in [0.3, 0.4) is 0 Å². The highest BCUT2D eigenvalue weighted by atomic mass is 32.2. The Morgan fingerprint density at radius 3 is 2.37 bits per heavy atom. The Bertz CT molecular complexity index is 785. The van der Waals surface area contributed by atoms with Crippen molar-refractivity contribution in [2.24, 2.45) is 0 Å². The molecule has 0 aliphatic rings. The van der Waals surface area contributed by atoms with Crippen molar-refractivity contribution in [3.63, 3.8) is 0 Å². The summed E-state index contributed by atoms with van der Waals surface area (Å²) in [5, 5.41) is 18.5. The number of sulfone groups is 1. The molecular weight excluding hydrogens is 366 g/mol. The number of aryl methyl sites for hydroxylation is 1. The van der Waals surface area contributed by atoms with E-state index in [4.69, 9.17) is 0 Å². The maximum Gasteiger partial charge on any atom is 0.227 e. The van der Waals surface area contributed by atoms with E-state index in [1.54, 1.807) is 17.7 Å². The van der Waals surface area contributed by atoms with Crippen LogP contribution >= 0.6 is 0 Å². The van der Waals surface area contributed by atoms with Crippen LogP contribution in [0.4, 0.5) is 0 Å². The first-order valence-electron chi connectivity index (χ1n) is 9.27. The Balaban J connectivity index is 2.20. The second kappa shape index (κ2) is 10.6. The zero-order valence-electron chi connectivity index (χ0n) is 15.8. The van der Waals surface area contributed by atoms with Crippen molar-refractivity contribution in [1.82, 2.24) is 14.5 Å². The normalized spacial score (nSPS) is 12.0. The Kier molecular flexibility index (Phi) is 8.43. The van der Waals surface area contributed by atoms with E-state index in [2.05, 4.69) is 17.1 Å². The minimum absolute atomic E-state index is 0.000860. The Hall–Kier alpha value is -1.74. The van der Waals surface area contributed by atoms with Crippen LogP contribution in [0, 0.1) is 0 Å². The van der Waals surface area contributed by atoms with Gasteiger partial charge in [0.15, 0.2) is 0 Å². The van der Waals surface area contributed by atoms with Crippen molar-refractivity contribution in [3.05, 3.63) is 47.8 Å². The molecule has 0 atom stereocenters. The van der Waals surface area contributed by atoms with E-state index in [0.29, 0.717) is 26.2 Å². The number of hydrogen-bond donors (Lipinski definition) is 2. The van der Waals surface area contributed by atoms with Crippen molar-refractivity contribution in [3.8, 4) is 0 Å². The van der Waals surface area contributed by atoms with E-state index in [1.807, 2.05) is 23.1 Å². The molecule has 1 heterocycles. The number of aliphatic hydroxyl groups is 2. The third-order valence-electron chi connectivity index (χ3n) is 4.47. The topological polar surface area (TPSA) is 95.7 Å². The lowest BCUT2D eigenvalue weighted by Crippen LogP contribution is -2.30. The van der Waals surface area contributed by atoms with Gasteiger partial charge in [0.25, 0.3) is 0 Å². The van der Waals surface area contributed by atoms with Crippen LogP contribution < -0.4 is 0 Å². The summed E-state index contributed by atoms with van der Waals surface area (Å²) in [7, 11) is -3.43. The lowest BCUT2D eigenvalue weighted by atomic mass is 10.1. The van der Waals surface area contributed by atoms with Gasteiger partial charge in [0, 0.05) is 26.2 Å². The summed E-state index contributed by atoms with van der Waals surface area (Å²) in [5.41, 5.74) is 1.98. The number of hydrogen-bond acceptors (Lipinski definition) is 6. The number of aromatic nitrogens is 2. The van der Waals surface area contributed by atoms with Gasteiger partial charge in [0.2, 0.25) is 15.0 Å². The molecule has 1 aromatic carbocycles. The van der Waals surface area contributed by atoms with Gasteiger partial charge in [-0.05, 0) is 18.4 Å². The van der Waals surface area contributed by atoms with E-state index in [9.17, 15) is 18.6 Å². The lowest BCUT2D eigenvalue weighted by Gasteiger charge is -2.21. The molecule has 0 saturated heterocycles. The summed E-state index contributed by atoms with van der Waals surface area (Å²) >= 11 is 0. The third-order valence-corrected chi connectivity index (χ3v) is 6.11. The molecule has 2 aromatic rings. The smallest absolute Gasteiger partial charge is 0.227 e. The van der Waals surface area contributed by atoms with Gasteiger partial charge in [-0.1, -0.05) is 37.3 Å². The zero-order valence-corrected chi connectivity index (χ0v) is 16.6. The Morgan fingerprint density at radius 2 is 1.78 bits per heavy atom. The molecule has 0 unspecified atom stereocenters. The second-order valence-corrected chi connectivity index (χ2v) is 8.57. The molecule has 8 heteroatoms. The summed E-state index contributed by atoms with van der Waals surface area (Å²) < 4.78 is 26.6. The monoisotopic (exact) mass is 395 g/mol. The van der Waals surface area contributed by atoms with Gasteiger partial charge in [-0.25, -0.2) is 13.4 Å². The van der Waals surface area contributed by atoms with Crippen molar-refractivity contribution in [2.75, 3.05) is 32.1 Å². The fourth-order valence-corrected chi connectivity index (χ4v) is 4.02. The molecule has 0 radical (unpaired) electrons. The number of nitrogens with zero attached hydrogens (tertiary/aromatic N) is 3. The van der Waals surface area contributed by atoms with Crippen LogP contribution in [0.5, 0.6) is 0 Å². The maximum absolute atomic E-state index is 12.4. The molecule has 0 amide bonds. The highest BCUT2D eigenvalue weighted by Crippen LogP contribution is 2.17. The molecule has 0 bridgehead atoms. The predicted octanol–water partition coefficient (Wildman–Crippen LogP) is 1.10. The van der Waals surface area contributed by atoms with Crippen molar-refractivity contribution in [2.45, 2.75) is 38.0 Å². The summed E-state index contributed by atoms with van der Waals surface area (Å²) in [5.74, 6) is -0.000860. The average molecular weight is 396 g/mol. The number of imidazole rings is 1. The highest BCUT2D eigenvalue weighted by molar-refractivity contribution is 7.91. The van der Waals surface area contributed by atoms with Crippen molar-refractivity contribution < 1.29 is 18.6 Å². The lowest BCUT2D eigenvalue weighted by molar-refractivity contribution is 0.153. The molecular formula is C19H29N3O4S. The van der Waals surface area contributed by atoms with Crippen LogP contribution in [-0.4, -0.2) is 65.1 Å². The van der Waals surface area contributed by atoms with Gasteiger partial charge in [-0.15, -0.1) is 0 Å². The van der Waals surface area contributed by atoms with E-state index < -0.39 is 9.84 Å². The highest BCUT2D eigenvalue weighted by Gasteiger charge is 2.22. The van der Waals surface area contributed by atoms with Crippen LogP contribution in [-0.2, 0) is 29.3 Å². The Labute approximate surface area is 161 Å². The summed E-state index contributed by atoms with van der Waals surface area (Å²) in [6, 6.07) is 10.1. The average Bonchev–Trinajstić information content (AvgIpc) is 3.06. The molecule has 0 aliphatic heterocycles. The van der Waals surface area contributed by atoms with Crippen LogP contribution in [0.25, 0.3) is 0 Å². The predicted molar refractivity (Wildman–Crippen MR) is 104 cm³/mol. The summed E-state index contributed by atoms with van der Waals surface area (Å²) in [6.45, 7) is 3.35. The van der Waals surface area contributed by atoms with Gasteiger partial charge in [0.05, 0.1) is 30.9 Å². The second-order valence-electron chi connectivity index (χ2n) is 6.40. The molecule has 1 aromatic heterocycles. The van der Waals surface area contributed by atoms with E-state index in [1.165, 1.54) is 5.56 Å². The number of benzene rings is 1. The van der Waals surface area contributed by atoms with E-state index in [0.717, 1.165) is 18.5 Å². The fourth-order valence-electron chi connectivity index (χ4n) is 3.00. The van der Waals surface area contributed by atoms with Gasteiger partial charge < -0.3 is 14.8 Å².